The Labute approximate surface area is 167 Å². The molecule has 25 heavy (non-hydrogen) atoms. The fourth-order valence-corrected chi connectivity index (χ4v) is 2.52. The van der Waals surface area contributed by atoms with Crippen molar-refractivity contribution in [2.75, 3.05) is 19.7 Å². The lowest BCUT2D eigenvalue weighted by Crippen LogP contribution is -2.40. The first-order chi connectivity index (χ1) is 11.6. The van der Waals surface area contributed by atoms with E-state index in [0.717, 1.165) is 43.9 Å². The van der Waals surface area contributed by atoms with Gasteiger partial charge in [0.2, 0.25) is 5.91 Å². The van der Waals surface area contributed by atoms with Crippen LogP contribution in [0.15, 0.2) is 29.3 Å². The average molecular weight is 462 g/mol. The van der Waals surface area contributed by atoms with Crippen molar-refractivity contribution in [3.8, 4) is 0 Å². The van der Waals surface area contributed by atoms with Gasteiger partial charge in [-0.25, -0.2) is 4.99 Å². The molecule has 5 N–H and O–H groups in total. The molecule has 0 saturated carbocycles. The largest absolute Gasteiger partial charge is 0.396 e. The van der Waals surface area contributed by atoms with Gasteiger partial charge in [0.25, 0.3) is 0 Å². The molecule has 1 aromatic carbocycles. The van der Waals surface area contributed by atoms with E-state index in [9.17, 15) is 4.79 Å². The van der Waals surface area contributed by atoms with E-state index >= 15 is 0 Å². The van der Waals surface area contributed by atoms with Crippen LogP contribution in [0.5, 0.6) is 0 Å². The summed E-state index contributed by atoms with van der Waals surface area (Å²) in [4.78, 5) is 15.8. The highest BCUT2D eigenvalue weighted by Gasteiger charge is 2.08. The van der Waals surface area contributed by atoms with Crippen molar-refractivity contribution >= 4 is 35.8 Å². The number of hydrogen-bond acceptors (Lipinski definition) is 3. The Bertz CT molecular complexity index is 532. The van der Waals surface area contributed by atoms with Crippen molar-refractivity contribution in [3.05, 3.63) is 35.4 Å². The second-order valence-electron chi connectivity index (χ2n) is 5.81. The number of nitrogens with one attached hydrogen (secondary N) is 2. The molecule has 1 atom stereocenters. The van der Waals surface area contributed by atoms with E-state index in [4.69, 9.17) is 10.8 Å². The van der Waals surface area contributed by atoms with E-state index in [-0.39, 0.29) is 30.6 Å². The number of aliphatic hydroxyl groups is 1. The Morgan fingerprint density at radius 1 is 1.28 bits per heavy atom. The fourth-order valence-electron chi connectivity index (χ4n) is 2.52. The van der Waals surface area contributed by atoms with Crippen molar-refractivity contribution in [1.82, 2.24) is 10.6 Å². The Morgan fingerprint density at radius 2 is 2.04 bits per heavy atom. The van der Waals surface area contributed by atoms with Gasteiger partial charge in [0, 0.05) is 25.3 Å². The zero-order valence-corrected chi connectivity index (χ0v) is 17.5. The predicted octanol–water partition coefficient (Wildman–Crippen LogP) is 2.26. The van der Waals surface area contributed by atoms with Crippen molar-refractivity contribution < 1.29 is 9.90 Å². The zero-order chi connectivity index (χ0) is 17.8. The number of nitrogens with zero attached hydrogens (tertiary/aromatic N) is 1. The number of rotatable bonds is 10. The van der Waals surface area contributed by atoms with E-state index in [0.29, 0.717) is 18.0 Å². The molecule has 1 amide bonds. The van der Waals surface area contributed by atoms with Crippen LogP contribution in [0.25, 0.3) is 0 Å². The third-order valence-corrected chi connectivity index (χ3v) is 3.77. The van der Waals surface area contributed by atoms with Gasteiger partial charge in [-0.1, -0.05) is 25.5 Å². The molecular weight excluding hydrogens is 431 g/mol. The molecule has 1 rings (SSSR count). The van der Waals surface area contributed by atoms with Gasteiger partial charge in [-0.15, -0.1) is 24.0 Å². The molecule has 0 aliphatic carbocycles. The third-order valence-electron chi connectivity index (χ3n) is 3.77. The van der Waals surface area contributed by atoms with Gasteiger partial charge in [-0.2, -0.15) is 0 Å². The van der Waals surface area contributed by atoms with Crippen molar-refractivity contribution in [3.63, 3.8) is 0 Å². The summed E-state index contributed by atoms with van der Waals surface area (Å²) in [5.41, 5.74) is 6.73. The molecule has 6 nitrogen and oxygen atoms in total. The van der Waals surface area contributed by atoms with E-state index in [2.05, 4.69) is 22.5 Å². The minimum Gasteiger partial charge on any atom is -0.396 e. The van der Waals surface area contributed by atoms with Crippen LogP contribution in [0.1, 0.15) is 49.0 Å². The molecule has 0 radical (unpaired) electrons. The van der Waals surface area contributed by atoms with Crippen LogP contribution >= 0.6 is 24.0 Å². The number of hydrogen-bond donors (Lipinski definition) is 4. The van der Waals surface area contributed by atoms with E-state index in [1.165, 1.54) is 0 Å². The van der Waals surface area contributed by atoms with Gasteiger partial charge >= 0.3 is 0 Å². The SMILES string of the molecule is CCCC(CCO)CNC(=NCc1cccc(C(N)=O)c1)NCC.I. The lowest BCUT2D eigenvalue weighted by molar-refractivity contribution is 0.1000. The molecule has 0 saturated heterocycles. The quantitative estimate of drug-likeness (QED) is 0.244. The number of amides is 1. The Morgan fingerprint density at radius 3 is 2.64 bits per heavy atom. The van der Waals surface area contributed by atoms with Crippen molar-refractivity contribution in [2.45, 2.75) is 39.7 Å². The molecule has 0 aliphatic heterocycles. The molecule has 0 fully saturated rings. The molecule has 0 aromatic heterocycles. The maximum atomic E-state index is 11.2. The summed E-state index contributed by atoms with van der Waals surface area (Å²) in [6, 6.07) is 7.19. The van der Waals surface area contributed by atoms with E-state index < -0.39 is 5.91 Å². The lowest BCUT2D eigenvalue weighted by atomic mass is 10.0. The first kappa shape index (κ1) is 23.6. The number of benzene rings is 1. The fraction of sp³-hybridized carbons (Fsp3) is 0.556. The normalized spacial score (nSPS) is 12.2. The van der Waals surface area contributed by atoms with Crippen LogP contribution in [0.2, 0.25) is 0 Å². The lowest BCUT2D eigenvalue weighted by Gasteiger charge is -2.18. The monoisotopic (exact) mass is 462 g/mol. The Balaban J connectivity index is 0.00000576. The minimum absolute atomic E-state index is 0. The number of aliphatic imine (C=N–C) groups is 1. The first-order valence-electron chi connectivity index (χ1n) is 8.62. The van der Waals surface area contributed by atoms with Gasteiger partial charge in [-0.05, 0) is 43.4 Å². The number of nitrogens with two attached hydrogens (primary N) is 1. The second-order valence-corrected chi connectivity index (χ2v) is 5.81. The Hall–Kier alpha value is -1.35. The number of primary amides is 1. The molecule has 0 bridgehead atoms. The summed E-state index contributed by atoms with van der Waals surface area (Å²) < 4.78 is 0. The molecule has 0 heterocycles. The third kappa shape index (κ3) is 9.64. The summed E-state index contributed by atoms with van der Waals surface area (Å²) in [5, 5.41) is 15.7. The molecule has 0 spiro atoms. The van der Waals surface area contributed by atoms with Crippen LogP contribution < -0.4 is 16.4 Å². The van der Waals surface area contributed by atoms with Gasteiger partial charge in [0.1, 0.15) is 0 Å². The smallest absolute Gasteiger partial charge is 0.248 e. The minimum atomic E-state index is -0.433. The highest BCUT2D eigenvalue weighted by molar-refractivity contribution is 14.0. The topological polar surface area (TPSA) is 99.7 Å². The van der Waals surface area contributed by atoms with E-state index in [1.54, 1.807) is 12.1 Å². The van der Waals surface area contributed by atoms with Crippen LogP contribution in [0.4, 0.5) is 0 Å². The van der Waals surface area contributed by atoms with Crippen LogP contribution in [-0.4, -0.2) is 36.7 Å². The molecule has 7 heteroatoms. The highest BCUT2D eigenvalue weighted by Crippen LogP contribution is 2.09. The van der Waals surface area contributed by atoms with Gasteiger partial charge in [0.15, 0.2) is 5.96 Å². The summed E-state index contributed by atoms with van der Waals surface area (Å²) in [5.74, 6) is 0.736. The highest BCUT2D eigenvalue weighted by atomic mass is 127. The number of aliphatic hydroxyl groups excluding tert-OH is 1. The van der Waals surface area contributed by atoms with Gasteiger partial charge < -0.3 is 21.5 Å². The molecule has 142 valence electrons. The summed E-state index contributed by atoms with van der Waals surface area (Å²) >= 11 is 0. The standard InChI is InChI=1S/C18H30N4O2.HI/c1-3-6-14(9-10-23)12-21-18(20-4-2)22-13-15-7-5-8-16(11-15)17(19)24;/h5,7-8,11,14,23H,3-4,6,9-10,12-13H2,1-2H3,(H2,19,24)(H2,20,21,22);1H. The second kappa shape index (κ2) is 13.9. The predicted molar refractivity (Wildman–Crippen MR) is 113 cm³/mol. The van der Waals surface area contributed by atoms with Crippen LogP contribution in [-0.2, 0) is 6.54 Å². The number of guanidine groups is 1. The maximum absolute atomic E-state index is 11.2. The Kier molecular flexibility index (Phi) is 13.1. The number of carbonyl (C=O) groups excluding carboxylic acids is 1. The summed E-state index contributed by atoms with van der Waals surface area (Å²) in [6.45, 7) is 6.39. The van der Waals surface area contributed by atoms with Crippen molar-refractivity contribution in [2.24, 2.45) is 16.6 Å². The molecule has 1 unspecified atom stereocenters. The van der Waals surface area contributed by atoms with Crippen molar-refractivity contribution in [1.29, 1.82) is 0 Å². The van der Waals surface area contributed by atoms with E-state index in [1.807, 2.05) is 19.1 Å². The molecule has 1 aromatic rings. The maximum Gasteiger partial charge on any atom is 0.248 e. The van der Waals surface area contributed by atoms with Crippen LogP contribution in [0.3, 0.4) is 0 Å². The average Bonchev–Trinajstić information content (AvgIpc) is 2.57. The van der Waals surface area contributed by atoms with Crippen LogP contribution in [0, 0.1) is 5.92 Å². The van der Waals surface area contributed by atoms with Gasteiger partial charge in [0.05, 0.1) is 6.54 Å². The molecular formula is C18H31IN4O2. The molecule has 0 aliphatic rings. The number of halogens is 1. The summed E-state index contributed by atoms with van der Waals surface area (Å²) in [7, 11) is 0. The number of carbonyl (C=O) groups is 1. The van der Waals surface area contributed by atoms with Gasteiger partial charge in [-0.3, -0.25) is 4.79 Å². The first-order valence-corrected chi connectivity index (χ1v) is 8.62. The summed E-state index contributed by atoms with van der Waals surface area (Å²) in [6.07, 6.45) is 2.97. The zero-order valence-electron chi connectivity index (χ0n) is 15.1.